The number of nitrogens with zero attached hydrogens (tertiary/aromatic N) is 1. The molecule has 1 aromatic heterocycles. The molecule has 0 bridgehead atoms. The third-order valence-corrected chi connectivity index (χ3v) is 5.86. The fourth-order valence-electron chi connectivity index (χ4n) is 2.66. The van der Waals surface area contributed by atoms with Crippen molar-refractivity contribution in [1.29, 1.82) is 0 Å². The van der Waals surface area contributed by atoms with Gasteiger partial charge in [0.05, 0.1) is 17.0 Å². The Hall–Kier alpha value is -2.92. The van der Waals surface area contributed by atoms with Gasteiger partial charge in [0.25, 0.3) is 11.8 Å². The number of thiophene rings is 1. The van der Waals surface area contributed by atoms with Gasteiger partial charge < -0.3 is 14.8 Å². The van der Waals surface area contributed by atoms with Crippen molar-refractivity contribution >= 4 is 44.6 Å². The maximum absolute atomic E-state index is 12.2. The van der Waals surface area contributed by atoms with Crippen LogP contribution in [-0.4, -0.2) is 56.4 Å². The van der Waals surface area contributed by atoms with Crippen LogP contribution in [0.5, 0.6) is 11.5 Å². The number of rotatable bonds is 4. The lowest BCUT2D eigenvalue weighted by Crippen LogP contribution is -2.34. The number of ether oxygens (including phenoxy) is 2. The Bertz CT molecular complexity index is 1050. The van der Waals surface area contributed by atoms with Crippen molar-refractivity contribution in [3.8, 4) is 11.5 Å². The highest BCUT2D eigenvalue weighted by atomic mass is 32.2. The van der Waals surface area contributed by atoms with E-state index >= 15 is 0 Å². The van der Waals surface area contributed by atoms with Crippen LogP contribution in [-0.2, 0) is 14.6 Å². The molecule has 154 valence electrons. The molecule has 3 amide bonds. The number of hydrogen-bond donors (Lipinski definition) is 1. The summed E-state index contributed by atoms with van der Waals surface area (Å²) in [6, 6.07) is 7.63. The van der Waals surface area contributed by atoms with Gasteiger partial charge in [-0.05, 0) is 12.1 Å². The Morgan fingerprint density at radius 2 is 1.79 bits per heavy atom. The van der Waals surface area contributed by atoms with Crippen LogP contribution in [0.4, 0.5) is 5.69 Å². The molecule has 1 N–H and O–H groups in total. The lowest BCUT2D eigenvalue weighted by molar-refractivity contribution is -0.114. The van der Waals surface area contributed by atoms with E-state index in [1.807, 2.05) is 24.3 Å². The van der Waals surface area contributed by atoms with Gasteiger partial charge >= 0.3 is 0 Å². The van der Waals surface area contributed by atoms with E-state index in [4.69, 9.17) is 9.47 Å². The maximum atomic E-state index is 12.2. The first-order valence-corrected chi connectivity index (χ1v) is 11.4. The van der Waals surface area contributed by atoms with Crippen molar-refractivity contribution in [3.63, 3.8) is 0 Å². The SMILES string of the molecule is CC(=O)Nc1csc2c1C(=O)N(CCS(C)(=O)=O)C2=O.c1ccc2c(c1)OCO2. The number of carbonyl (C=O) groups excluding carboxylic acids is 3. The van der Waals surface area contributed by atoms with Crippen LogP contribution in [0.1, 0.15) is 27.0 Å². The molecule has 0 spiro atoms. The van der Waals surface area contributed by atoms with Gasteiger partial charge in [-0.25, -0.2) is 8.42 Å². The average Bonchev–Trinajstić information content (AvgIpc) is 3.32. The highest BCUT2D eigenvalue weighted by Crippen LogP contribution is 2.35. The third kappa shape index (κ3) is 4.74. The minimum atomic E-state index is -3.27. The van der Waals surface area contributed by atoms with E-state index in [0.717, 1.165) is 34.0 Å². The number of imide groups is 1. The van der Waals surface area contributed by atoms with E-state index in [2.05, 4.69) is 5.32 Å². The fourth-order valence-corrected chi connectivity index (χ4v) is 4.12. The van der Waals surface area contributed by atoms with Crippen molar-refractivity contribution < 1.29 is 32.3 Å². The Morgan fingerprint density at radius 3 is 2.34 bits per heavy atom. The molecule has 2 aliphatic rings. The first-order chi connectivity index (χ1) is 13.7. The van der Waals surface area contributed by atoms with Gasteiger partial charge in [-0.3, -0.25) is 19.3 Å². The van der Waals surface area contributed by atoms with Crippen molar-refractivity contribution in [2.45, 2.75) is 6.92 Å². The molecular formula is C18H18N2O7S2. The van der Waals surface area contributed by atoms with Crippen LogP contribution in [0, 0.1) is 0 Å². The molecule has 0 atom stereocenters. The monoisotopic (exact) mass is 438 g/mol. The predicted molar refractivity (Wildman–Crippen MR) is 106 cm³/mol. The number of nitrogens with one attached hydrogen (secondary N) is 1. The Morgan fingerprint density at radius 1 is 1.17 bits per heavy atom. The second-order valence-corrected chi connectivity index (χ2v) is 9.42. The molecule has 1 aromatic carbocycles. The lowest BCUT2D eigenvalue weighted by atomic mass is 10.2. The van der Waals surface area contributed by atoms with Crippen LogP contribution in [0.15, 0.2) is 29.6 Å². The van der Waals surface area contributed by atoms with E-state index in [1.54, 1.807) is 0 Å². The topological polar surface area (TPSA) is 119 Å². The van der Waals surface area contributed by atoms with Crippen LogP contribution in [0.25, 0.3) is 0 Å². The number of benzene rings is 1. The molecule has 0 unspecified atom stereocenters. The molecule has 0 radical (unpaired) electrons. The second kappa shape index (κ2) is 8.21. The van der Waals surface area contributed by atoms with E-state index in [1.165, 1.54) is 12.3 Å². The van der Waals surface area contributed by atoms with Crippen LogP contribution in [0.2, 0.25) is 0 Å². The summed E-state index contributed by atoms with van der Waals surface area (Å²) < 4.78 is 32.4. The summed E-state index contributed by atoms with van der Waals surface area (Å²) in [5, 5.41) is 4.01. The molecule has 11 heteroatoms. The van der Waals surface area contributed by atoms with Crippen molar-refractivity contribution in [2.75, 3.05) is 30.7 Å². The minimum Gasteiger partial charge on any atom is -0.454 e. The molecule has 2 aliphatic heterocycles. The largest absolute Gasteiger partial charge is 0.454 e. The van der Waals surface area contributed by atoms with Crippen LogP contribution in [0.3, 0.4) is 0 Å². The van der Waals surface area contributed by atoms with Gasteiger partial charge in [0.1, 0.15) is 14.7 Å². The molecule has 29 heavy (non-hydrogen) atoms. The number of para-hydroxylation sites is 2. The summed E-state index contributed by atoms with van der Waals surface area (Å²) >= 11 is 1.05. The normalized spacial score (nSPS) is 14.3. The van der Waals surface area contributed by atoms with Gasteiger partial charge in [-0.1, -0.05) is 12.1 Å². The van der Waals surface area contributed by atoms with Gasteiger partial charge in [-0.15, -0.1) is 11.3 Å². The highest BCUT2D eigenvalue weighted by molar-refractivity contribution is 7.90. The first kappa shape index (κ1) is 20.8. The molecular weight excluding hydrogens is 420 g/mol. The third-order valence-electron chi connectivity index (χ3n) is 3.96. The molecule has 2 aromatic rings. The van der Waals surface area contributed by atoms with Crippen LogP contribution >= 0.6 is 11.3 Å². The van der Waals surface area contributed by atoms with E-state index in [0.29, 0.717) is 6.79 Å². The molecule has 0 fully saturated rings. The Labute approximate surface area is 171 Å². The summed E-state index contributed by atoms with van der Waals surface area (Å²) in [4.78, 5) is 36.4. The molecule has 3 heterocycles. The Kier molecular flexibility index (Phi) is 5.89. The average molecular weight is 438 g/mol. The van der Waals surface area contributed by atoms with Gasteiger partial charge in [0, 0.05) is 25.1 Å². The lowest BCUT2D eigenvalue weighted by Gasteiger charge is -2.13. The van der Waals surface area contributed by atoms with E-state index in [-0.39, 0.29) is 34.3 Å². The number of amides is 3. The van der Waals surface area contributed by atoms with Crippen LogP contribution < -0.4 is 14.8 Å². The second-order valence-electron chi connectivity index (χ2n) is 6.28. The smallest absolute Gasteiger partial charge is 0.271 e. The number of fused-ring (bicyclic) bond motifs is 2. The summed E-state index contributed by atoms with van der Waals surface area (Å²) in [7, 11) is -3.27. The number of anilines is 1. The van der Waals surface area contributed by atoms with Crippen molar-refractivity contribution in [2.24, 2.45) is 0 Å². The van der Waals surface area contributed by atoms with Gasteiger partial charge in [0.2, 0.25) is 12.7 Å². The molecule has 0 saturated carbocycles. The maximum Gasteiger partial charge on any atom is 0.271 e. The summed E-state index contributed by atoms with van der Waals surface area (Å²) in [5.74, 6) is -0.0288. The van der Waals surface area contributed by atoms with Crippen molar-refractivity contribution in [1.82, 2.24) is 4.90 Å². The first-order valence-electron chi connectivity index (χ1n) is 8.45. The summed E-state index contributed by atoms with van der Waals surface area (Å²) in [5.41, 5.74) is 0.432. The number of carbonyl (C=O) groups is 3. The minimum absolute atomic E-state index is 0.142. The fraction of sp³-hybridized carbons (Fsp3) is 0.278. The zero-order valence-electron chi connectivity index (χ0n) is 15.6. The number of hydrogen-bond acceptors (Lipinski definition) is 8. The zero-order valence-corrected chi connectivity index (χ0v) is 17.3. The zero-order chi connectivity index (χ0) is 21.2. The molecule has 0 aliphatic carbocycles. The van der Waals surface area contributed by atoms with Gasteiger partial charge in [0.15, 0.2) is 11.5 Å². The van der Waals surface area contributed by atoms with E-state index in [9.17, 15) is 22.8 Å². The van der Waals surface area contributed by atoms with Gasteiger partial charge in [-0.2, -0.15) is 0 Å². The molecule has 0 saturated heterocycles. The quantitative estimate of drug-likeness (QED) is 0.723. The predicted octanol–water partition coefficient (Wildman–Crippen LogP) is 1.76. The molecule has 9 nitrogen and oxygen atoms in total. The Balaban J connectivity index is 0.000000220. The highest BCUT2D eigenvalue weighted by Gasteiger charge is 2.39. The summed E-state index contributed by atoms with van der Waals surface area (Å²) in [6.45, 7) is 1.48. The number of sulfone groups is 1. The summed E-state index contributed by atoms with van der Waals surface area (Å²) in [6.07, 6.45) is 1.04. The molecule has 4 rings (SSSR count). The van der Waals surface area contributed by atoms with E-state index < -0.39 is 21.7 Å². The standard InChI is InChI=1S/C11H12N2O5S2.C7H6O2/c1-6(14)12-7-5-19-9-8(7)10(15)13(11(9)16)3-4-20(2,17)18;1-2-4-7-6(3-1)8-5-9-7/h5H,3-4H2,1-2H3,(H,12,14);1-4H,5H2. The van der Waals surface area contributed by atoms with Crippen molar-refractivity contribution in [3.05, 3.63) is 40.1 Å².